The zero-order chi connectivity index (χ0) is 14.3. The normalized spacial score (nSPS) is 17.9. The molecule has 0 fully saturated rings. The van der Waals surface area contributed by atoms with Gasteiger partial charge in [0.1, 0.15) is 0 Å². The fraction of sp³-hybridized carbons (Fsp3) is 0.875. The van der Waals surface area contributed by atoms with Gasteiger partial charge in [0.05, 0.1) is 6.61 Å². The topological polar surface area (TPSA) is 24.5 Å². The highest BCUT2D eigenvalue weighted by atomic mass is 16.5. The van der Waals surface area contributed by atoms with Gasteiger partial charge < -0.3 is 10.1 Å². The van der Waals surface area contributed by atoms with Crippen LogP contribution in [0.5, 0.6) is 0 Å². The Bertz CT molecular complexity index is 284. The molecule has 0 radical (unpaired) electrons. The average Bonchev–Trinajstić information content (AvgIpc) is 2.31. The lowest BCUT2D eigenvalue weighted by Gasteiger charge is -2.34. The fourth-order valence-corrected chi connectivity index (χ4v) is 2.57. The molecule has 1 aliphatic heterocycles. The van der Waals surface area contributed by atoms with E-state index in [2.05, 4.69) is 44.0 Å². The third kappa shape index (κ3) is 7.09. The Balaban J connectivity index is 2.30. The minimum Gasteiger partial charge on any atom is -0.380 e. The molecular formula is C16H32N2O. The van der Waals surface area contributed by atoms with Gasteiger partial charge in [0.15, 0.2) is 0 Å². The number of methoxy groups -OCH3 is 1. The molecule has 1 N–H and O–H groups in total. The summed E-state index contributed by atoms with van der Waals surface area (Å²) in [6.07, 6.45) is 3.49. The van der Waals surface area contributed by atoms with Crippen molar-refractivity contribution in [2.24, 2.45) is 11.3 Å². The second-order valence-electron chi connectivity index (χ2n) is 6.97. The lowest BCUT2D eigenvalue weighted by Crippen LogP contribution is -2.42. The molecule has 1 aliphatic rings. The van der Waals surface area contributed by atoms with Gasteiger partial charge in [0.2, 0.25) is 0 Å². The van der Waals surface area contributed by atoms with E-state index >= 15 is 0 Å². The van der Waals surface area contributed by atoms with Gasteiger partial charge in [0, 0.05) is 33.3 Å². The van der Waals surface area contributed by atoms with Crippen LogP contribution < -0.4 is 5.32 Å². The van der Waals surface area contributed by atoms with Crippen LogP contribution >= 0.6 is 0 Å². The summed E-state index contributed by atoms with van der Waals surface area (Å²) in [5.41, 5.74) is 1.79. The molecule has 0 aromatic carbocycles. The van der Waals surface area contributed by atoms with Crippen molar-refractivity contribution in [3.05, 3.63) is 11.6 Å². The van der Waals surface area contributed by atoms with E-state index in [0.29, 0.717) is 5.41 Å². The first-order chi connectivity index (χ1) is 8.93. The first-order valence-corrected chi connectivity index (χ1v) is 7.53. The number of nitrogens with one attached hydrogen (secondary N) is 1. The van der Waals surface area contributed by atoms with E-state index in [4.69, 9.17) is 4.74 Å². The number of hydrogen-bond acceptors (Lipinski definition) is 3. The minimum absolute atomic E-state index is 0.335. The van der Waals surface area contributed by atoms with E-state index in [0.717, 1.165) is 45.1 Å². The predicted molar refractivity (Wildman–Crippen MR) is 82.5 cm³/mol. The van der Waals surface area contributed by atoms with Gasteiger partial charge in [0.25, 0.3) is 0 Å². The molecule has 1 heterocycles. The Morgan fingerprint density at radius 2 is 2.16 bits per heavy atom. The number of ether oxygens (including phenoxy) is 1. The number of hydrogen-bond donors (Lipinski definition) is 1. The second kappa shape index (κ2) is 8.03. The Morgan fingerprint density at radius 3 is 2.68 bits per heavy atom. The van der Waals surface area contributed by atoms with Crippen molar-refractivity contribution in [3.63, 3.8) is 0 Å². The SMILES string of the molecule is COCC1=CCN(CC(C)(C)CNCC(C)C)CC1. The van der Waals surface area contributed by atoms with Crippen molar-refractivity contribution in [3.8, 4) is 0 Å². The highest BCUT2D eigenvalue weighted by Gasteiger charge is 2.22. The summed E-state index contributed by atoms with van der Waals surface area (Å²) >= 11 is 0. The first-order valence-electron chi connectivity index (χ1n) is 7.53. The maximum absolute atomic E-state index is 5.20. The third-order valence-corrected chi connectivity index (χ3v) is 3.52. The summed E-state index contributed by atoms with van der Waals surface area (Å²) in [6.45, 7) is 15.6. The predicted octanol–water partition coefficient (Wildman–Crippen LogP) is 2.54. The van der Waals surface area contributed by atoms with Gasteiger partial charge >= 0.3 is 0 Å². The maximum atomic E-state index is 5.20. The van der Waals surface area contributed by atoms with Crippen molar-refractivity contribution in [1.29, 1.82) is 0 Å². The summed E-state index contributed by atoms with van der Waals surface area (Å²) < 4.78 is 5.20. The zero-order valence-corrected chi connectivity index (χ0v) is 13.5. The molecule has 1 rings (SSSR count). The van der Waals surface area contributed by atoms with Gasteiger partial charge in [-0.3, -0.25) is 4.90 Å². The molecule has 3 heteroatoms. The standard InChI is InChI=1S/C16H32N2O/c1-14(2)10-17-12-16(3,4)13-18-8-6-15(7-9-18)11-19-5/h6,14,17H,7-13H2,1-5H3. The molecule has 112 valence electrons. The highest BCUT2D eigenvalue weighted by Crippen LogP contribution is 2.19. The molecule has 0 aromatic heterocycles. The van der Waals surface area contributed by atoms with Crippen LogP contribution in [0.2, 0.25) is 0 Å². The Kier molecular flexibility index (Phi) is 7.05. The molecule has 0 amide bonds. The van der Waals surface area contributed by atoms with E-state index in [-0.39, 0.29) is 0 Å². The van der Waals surface area contributed by atoms with Crippen molar-refractivity contribution in [2.45, 2.75) is 34.1 Å². The molecule has 0 aromatic rings. The van der Waals surface area contributed by atoms with E-state index in [1.807, 2.05) is 0 Å². The van der Waals surface area contributed by atoms with E-state index in [9.17, 15) is 0 Å². The van der Waals surface area contributed by atoms with Crippen LogP contribution in [0.4, 0.5) is 0 Å². The monoisotopic (exact) mass is 268 g/mol. The Hall–Kier alpha value is -0.380. The lowest BCUT2D eigenvalue weighted by atomic mass is 9.91. The highest BCUT2D eigenvalue weighted by molar-refractivity contribution is 5.08. The Morgan fingerprint density at radius 1 is 1.42 bits per heavy atom. The molecule has 0 unspecified atom stereocenters. The average molecular weight is 268 g/mol. The molecule has 0 atom stereocenters. The summed E-state index contributed by atoms with van der Waals surface area (Å²) in [5.74, 6) is 0.727. The summed E-state index contributed by atoms with van der Waals surface area (Å²) in [7, 11) is 1.77. The third-order valence-electron chi connectivity index (χ3n) is 3.52. The molecule has 0 aliphatic carbocycles. The van der Waals surface area contributed by atoms with Gasteiger partial charge in [-0.2, -0.15) is 0 Å². The first kappa shape index (κ1) is 16.7. The molecule has 0 bridgehead atoms. The van der Waals surface area contributed by atoms with Gasteiger partial charge in [-0.15, -0.1) is 0 Å². The molecule has 0 spiro atoms. The van der Waals surface area contributed by atoms with Crippen molar-refractivity contribution in [2.75, 3.05) is 46.4 Å². The summed E-state index contributed by atoms with van der Waals surface area (Å²) in [4.78, 5) is 2.55. The maximum Gasteiger partial charge on any atom is 0.0673 e. The number of rotatable bonds is 8. The summed E-state index contributed by atoms with van der Waals surface area (Å²) in [6, 6.07) is 0. The molecule has 19 heavy (non-hydrogen) atoms. The number of nitrogens with zero attached hydrogens (tertiary/aromatic N) is 1. The van der Waals surface area contributed by atoms with Crippen LogP contribution in [-0.2, 0) is 4.74 Å². The van der Waals surface area contributed by atoms with Gasteiger partial charge in [-0.05, 0) is 29.9 Å². The van der Waals surface area contributed by atoms with Crippen LogP contribution in [-0.4, -0.2) is 51.3 Å². The van der Waals surface area contributed by atoms with Crippen molar-refractivity contribution in [1.82, 2.24) is 10.2 Å². The molecule has 3 nitrogen and oxygen atoms in total. The molecule has 0 saturated carbocycles. The van der Waals surface area contributed by atoms with Crippen molar-refractivity contribution >= 4 is 0 Å². The fourth-order valence-electron chi connectivity index (χ4n) is 2.57. The second-order valence-corrected chi connectivity index (χ2v) is 6.97. The van der Waals surface area contributed by atoms with E-state index < -0.39 is 0 Å². The van der Waals surface area contributed by atoms with Crippen LogP contribution in [0.1, 0.15) is 34.1 Å². The molecular weight excluding hydrogens is 236 g/mol. The van der Waals surface area contributed by atoms with E-state index in [1.165, 1.54) is 12.1 Å². The zero-order valence-electron chi connectivity index (χ0n) is 13.5. The van der Waals surface area contributed by atoms with Crippen LogP contribution in [0, 0.1) is 11.3 Å². The van der Waals surface area contributed by atoms with Gasteiger partial charge in [-0.25, -0.2) is 0 Å². The molecule has 0 saturated heterocycles. The van der Waals surface area contributed by atoms with Crippen LogP contribution in [0.3, 0.4) is 0 Å². The quantitative estimate of drug-likeness (QED) is 0.685. The largest absolute Gasteiger partial charge is 0.380 e. The summed E-state index contributed by atoms with van der Waals surface area (Å²) in [5, 5.41) is 3.58. The lowest BCUT2D eigenvalue weighted by molar-refractivity contribution is 0.173. The van der Waals surface area contributed by atoms with Gasteiger partial charge in [-0.1, -0.05) is 33.8 Å². The Labute approximate surface area is 119 Å². The smallest absolute Gasteiger partial charge is 0.0673 e. The van der Waals surface area contributed by atoms with Crippen molar-refractivity contribution < 1.29 is 4.74 Å². The van der Waals surface area contributed by atoms with Crippen LogP contribution in [0.25, 0.3) is 0 Å². The van der Waals surface area contributed by atoms with Crippen LogP contribution in [0.15, 0.2) is 11.6 Å². The van der Waals surface area contributed by atoms with E-state index in [1.54, 1.807) is 7.11 Å². The minimum atomic E-state index is 0.335.